The minimum Gasteiger partial charge on any atom is -0.348 e. The molecule has 0 aromatic carbocycles. The fourth-order valence-corrected chi connectivity index (χ4v) is 3.92. The SMILES string of the molecule is Cc1[nH]cnc1CN1CCCC(c2[nH]ncc2S(C)(=O)=O)C1. The Morgan fingerprint density at radius 2 is 2.27 bits per heavy atom. The van der Waals surface area contributed by atoms with E-state index in [1.807, 2.05) is 6.92 Å². The number of hydrogen-bond donors (Lipinski definition) is 2. The van der Waals surface area contributed by atoms with E-state index in [1.54, 1.807) is 6.33 Å². The van der Waals surface area contributed by atoms with Crippen LogP contribution in [0, 0.1) is 6.92 Å². The predicted octanol–water partition coefficient (Wildman–Crippen LogP) is 1.22. The summed E-state index contributed by atoms with van der Waals surface area (Å²) in [6, 6.07) is 0. The molecule has 2 aromatic rings. The van der Waals surface area contributed by atoms with Crippen molar-refractivity contribution in [1.82, 2.24) is 25.1 Å². The fourth-order valence-electron chi connectivity index (χ4n) is 3.07. The summed E-state index contributed by atoms with van der Waals surface area (Å²) in [5.74, 6) is 0.167. The molecule has 0 radical (unpaired) electrons. The first-order valence-corrected chi connectivity index (χ1v) is 9.29. The summed E-state index contributed by atoms with van der Waals surface area (Å²) in [6.45, 7) is 4.62. The molecule has 1 unspecified atom stereocenters. The molecule has 120 valence electrons. The maximum Gasteiger partial charge on any atom is 0.178 e. The van der Waals surface area contributed by atoms with Crippen molar-refractivity contribution < 1.29 is 8.42 Å². The average Bonchev–Trinajstić information content (AvgIpc) is 3.08. The number of piperidine rings is 1. The molecule has 1 atom stereocenters. The molecule has 3 heterocycles. The van der Waals surface area contributed by atoms with E-state index in [-0.39, 0.29) is 5.92 Å². The van der Waals surface area contributed by atoms with E-state index in [0.29, 0.717) is 4.90 Å². The first-order valence-electron chi connectivity index (χ1n) is 7.39. The molecule has 8 heteroatoms. The molecule has 0 spiro atoms. The van der Waals surface area contributed by atoms with Crippen LogP contribution in [-0.2, 0) is 16.4 Å². The Morgan fingerprint density at radius 3 is 2.95 bits per heavy atom. The summed E-state index contributed by atoms with van der Waals surface area (Å²) in [6.07, 6.45) is 6.37. The highest BCUT2D eigenvalue weighted by atomic mass is 32.2. The van der Waals surface area contributed by atoms with Crippen LogP contribution in [0.2, 0.25) is 0 Å². The lowest BCUT2D eigenvalue weighted by Crippen LogP contribution is -2.34. The molecule has 0 amide bonds. The van der Waals surface area contributed by atoms with E-state index in [9.17, 15) is 8.42 Å². The van der Waals surface area contributed by atoms with E-state index in [2.05, 4.69) is 25.1 Å². The van der Waals surface area contributed by atoms with Gasteiger partial charge in [0.05, 0.1) is 23.9 Å². The van der Waals surface area contributed by atoms with Gasteiger partial charge < -0.3 is 4.98 Å². The van der Waals surface area contributed by atoms with E-state index in [1.165, 1.54) is 12.5 Å². The first kappa shape index (κ1) is 15.2. The molecule has 1 aliphatic heterocycles. The van der Waals surface area contributed by atoms with E-state index in [0.717, 1.165) is 49.6 Å². The van der Waals surface area contributed by atoms with Gasteiger partial charge in [-0.15, -0.1) is 0 Å². The van der Waals surface area contributed by atoms with Gasteiger partial charge in [0, 0.05) is 31.0 Å². The third kappa shape index (κ3) is 3.07. The highest BCUT2D eigenvalue weighted by Crippen LogP contribution is 2.30. The summed E-state index contributed by atoms with van der Waals surface area (Å²) in [4.78, 5) is 10.1. The summed E-state index contributed by atoms with van der Waals surface area (Å²) in [5, 5.41) is 6.83. The van der Waals surface area contributed by atoms with Gasteiger partial charge in [0.25, 0.3) is 0 Å². The lowest BCUT2D eigenvalue weighted by Gasteiger charge is -2.32. The summed E-state index contributed by atoms with van der Waals surface area (Å²) >= 11 is 0. The lowest BCUT2D eigenvalue weighted by atomic mass is 9.94. The Labute approximate surface area is 130 Å². The molecule has 0 saturated carbocycles. The summed E-state index contributed by atoms with van der Waals surface area (Å²) in [5.41, 5.74) is 2.88. The molecule has 2 aromatic heterocycles. The van der Waals surface area contributed by atoms with E-state index in [4.69, 9.17) is 0 Å². The van der Waals surface area contributed by atoms with Crippen molar-refractivity contribution in [2.75, 3.05) is 19.3 Å². The molecule has 3 rings (SSSR count). The largest absolute Gasteiger partial charge is 0.348 e. The standard InChI is InChI=1S/C14H21N5O2S/c1-10-12(16-9-15-10)8-19-5-3-4-11(7-19)14-13(6-17-18-14)22(2,20)21/h6,9,11H,3-5,7-8H2,1-2H3,(H,15,16)(H,17,18). The molecular weight excluding hydrogens is 302 g/mol. The third-order valence-corrected chi connectivity index (χ3v) is 5.38. The number of nitrogens with zero attached hydrogens (tertiary/aromatic N) is 3. The van der Waals surface area contributed by atoms with Gasteiger partial charge in [-0.1, -0.05) is 0 Å². The number of aromatic amines is 2. The number of aryl methyl sites for hydroxylation is 1. The van der Waals surface area contributed by atoms with Crippen LogP contribution in [-0.4, -0.2) is 52.8 Å². The van der Waals surface area contributed by atoms with Gasteiger partial charge in [-0.2, -0.15) is 5.10 Å². The molecule has 2 N–H and O–H groups in total. The van der Waals surface area contributed by atoms with Crippen molar-refractivity contribution in [2.24, 2.45) is 0 Å². The molecular formula is C14H21N5O2S. The zero-order valence-corrected chi connectivity index (χ0v) is 13.7. The number of hydrogen-bond acceptors (Lipinski definition) is 5. The van der Waals surface area contributed by atoms with Crippen LogP contribution in [0.1, 0.15) is 35.8 Å². The molecule has 1 fully saturated rings. The quantitative estimate of drug-likeness (QED) is 0.882. The van der Waals surface area contributed by atoms with Gasteiger partial charge in [0.1, 0.15) is 4.90 Å². The third-order valence-electron chi connectivity index (χ3n) is 4.25. The second kappa shape index (κ2) is 5.85. The van der Waals surface area contributed by atoms with Gasteiger partial charge in [-0.25, -0.2) is 13.4 Å². The first-order chi connectivity index (χ1) is 10.4. The average molecular weight is 323 g/mol. The van der Waals surface area contributed by atoms with Gasteiger partial charge in [0.15, 0.2) is 9.84 Å². The van der Waals surface area contributed by atoms with Crippen molar-refractivity contribution in [3.8, 4) is 0 Å². The van der Waals surface area contributed by atoms with Crippen LogP contribution in [0.3, 0.4) is 0 Å². The van der Waals surface area contributed by atoms with Crippen molar-refractivity contribution in [2.45, 2.75) is 37.1 Å². The van der Waals surface area contributed by atoms with Crippen LogP contribution in [0.4, 0.5) is 0 Å². The molecule has 1 saturated heterocycles. The highest BCUT2D eigenvalue weighted by molar-refractivity contribution is 7.90. The lowest BCUT2D eigenvalue weighted by molar-refractivity contribution is 0.195. The summed E-state index contributed by atoms with van der Waals surface area (Å²) < 4.78 is 23.7. The summed E-state index contributed by atoms with van der Waals surface area (Å²) in [7, 11) is -3.24. The van der Waals surface area contributed by atoms with Gasteiger partial charge >= 0.3 is 0 Å². The minimum absolute atomic E-state index is 0.167. The Balaban J connectivity index is 1.76. The number of nitrogens with one attached hydrogen (secondary N) is 2. The highest BCUT2D eigenvalue weighted by Gasteiger charge is 2.28. The monoisotopic (exact) mass is 323 g/mol. The smallest absolute Gasteiger partial charge is 0.178 e. The van der Waals surface area contributed by atoms with E-state index >= 15 is 0 Å². The second-order valence-electron chi connectivity index (χ2n) is 5.97. The number of aromatic nitrogens is 4. The van der Waals surface area contributed by atoms with Crippen LogP contribution in [0.15, 0.2) is 17.4 Å². The number of likely N-dealkylation sites (tertiary alicyclic amines) is 1. The Bertz CT molecular complexity index is 749. The van der Waals surface area contributed by atoms with Crippen molar-refractivity contribution in [3.05, 3.63) is 29.6 Å². The Hall–Kier alpha value is -1.67. The maximum atomic E-state index is 11.9. The topological polar surface area (TPSA) is 94.7 Å². The van der Waals surface area contributed by atoms with Crippen molar-refractivity contribution in [1.29, 1.82) is 0 Å². The number of H-pyrrole nitrogens is 2. The number of imidazole rings is 1. The molecule has 0 bridgehead atoms. The fraction of sp³-hybridized carbons (Fsp3) is 0.571. The minimum atomic E-state index is -3.24. The predicted molar refractivity (Wildman–Crippen MR) is 82.3 cm³/mol. The van der Waals surface area contributed by atoms with Crippen LogP contribution in [0.5, 0.6) is 0 Å². The second-order valence-corrected chi connectivity index (χ2v) is 7.95. The molecule has 0 aliphatic carbocycles. The van der Waals surface area contributed by atoms with Gasteiger partial charge in [-0.3, -0.25) is 10.00 Å². The zero-order chi connectivity index (χ0) is 15.7. The van der Waals surface area contributed by atoms with Gasteiger partial charge in [-0.05, 0) is 26.3 Å². The molecule has 7 nitrogen and oxygen atoms in total. The van der Waals surface area contributed by atoms with Crippen LogP contribution >= 0.6 is 0 Å². The normalized spacial score (nSPS) is 20.4. The number of rotatable bonds is 4. The van der Waals surface area contributed by atoms with Crippen molar-refractivity contribution in [3.63, 3.8) is 0 Å². The molecule has 22 heavy (non-hydrogen) atoms. The maximum absolute atomic E-state index is 11.9. The Kier molecular flexibility index (Phi) is 4.05. The van der Waals surface area contributed by atoms with Crippen molar-refractivity contribution >= 4 is 9.84 Å². The molecule has 1 aliphatic rings. The van der Waals surface area contributed by atoms with Gasteiger partial charge in [0.2, 0.25) is 0 Å². The number of sulfone groups is 1. The van der Waals surface area contributed by atoms with E-state index < -0.39 is 9.84 Å². The van der Waals surface area contributed by atoms with Crippen LogP contribution < -0.4 is 0 Å². The zero-order valence-electron chi connectivity index (χ0n) is 12.8. The van der Waals surface area contributed by atoms with Crippen LogP contribution in [0.25, 0.3) is 0 Å². The Morgan fingerprint density at radius 1 is 1.45 bits per heavy atom.